The van der Waals surface area contributed by atoms with Gasteiger partial charge in [0, 0.05) is 18.9 Å². The summed E-state index contributed by atoms with van der Waals surface area (Å²) in [7, 11) is 1.98. The second-order valence-corrected chi connectivity index (χ2v) is 4.90. The largest absolute Gasteiger partial charge is 0.334 e. The first kappa shape index (κ1) is 12.9. The van der Waals surface area contributed by atoms with Gasteiger partial charge in [0.15, 0.2) is 0 Å². The SMILES string of the molecule is CCn1ccnc1C(NC)c1ccc2ccccc2c1. The lowest BCUT2D eigenvalue weighted by Gasteiger charge is -2.18. The molecule has 0 aliphatic rings. The third-order valence-corrected chi connectivity index (χ3v) is 3.74. The number of aromatic nitrogens is 2. The molecule has 3 rings (SSSR count). The quantitative estimate of drug-likeness (QED) is 0.784. The molecule has 0 spiro atoms. The van der Waals surface area contributed by atoms with E-state index >= 15 is 0 Å². The summed E-state index contributed by atoms with van der Waals surface area (Å²) in [6.45, 7) is 3.07. The molecule has 3 heteroatoms. The molecule has 1 heterocycles. The number of nitrogens with one attached hydrogen (secondary N) is 1. The summed E-state index contributed by atoms with van der Waals surface area (Å²) < 4.78 is 2.18. The Hall–Kier alpha value is -2.13. The molecule has 1 N–H and O–H groups in total. The van der Waals surface area contributed by atoms with Gasteiger partial charge >= 0.3 is 0 Å². The van der Waals surface area contributed by atoms with Crippen molar-refractivity contribution in [1.29, 1.82) is 0 Å². The number of nitrogens with zero attached hydrogens (tertiary/aromatic N) is 2. The second-order valence-electron chi connectivity index (χ2n) is 4.90. The average molecular weight is 265 g/mol. The van der Waals surface area contributed by atoms with Gasteiger partial charge in [-0.3, -0.25) is 0 Å². The zero-order valence-electron chi connectivity index (χ0n) is 11.9. The summed E-state index contributed by atoms with van der Waals surface area (Å²) in [6.07, 6.45) is 3.89. The van der Waals surface area contributed by atoms with E-state index in [4.69, 9.17) is 0 Å². The van der Waals surface area contributed by atoms with Crippen molar-refractivity contribution in [3.8, 4) is 0 Å². The molecule has 1 atom stereocenters. The lowest BCUT2D eigenvalue weighted by molar-refractivity contribution is 0.591. The Morgan fingerprint density at radius 3 is 2.70 bits per heavy atom. The van der Waals surface area contributed by atoms with Crippen molar-refractivity contribution >= 4 is 10.8 Å². The highest BCUT2D eigenvalue weighted by Crippen LogP contribution is 2.24. The Morgan fingerprint density at radius 1 is 1.15 bits per heavy atom. The molecule has 0 aliphatic carbocycles. The molecule has 3 aromatic rings. The van der Waals surface area contributed by atoms with Crippen LogP contribution in [0.3, 0.4) is 0 Å². The van der Waals surface area contributed by atoms with Crippen LogP contribution in [-0.4, -0.2) is 16.6 Å². The first-order valence-corrected chi connectivity index (χ1v) is 7.00. The van der Waals surface area contributed by atoms with Crippen LogP contribution in [0, 0.1) is 0 Å². The van der Waals surface area contributed by atoms with Crippen molar-refractivity contribution in [2.24, 2.45) is 0 Å². The van der Waals surface area contributed by atoms with E-state index in [9.17, 15) is 0 Å². The molecule has 1 aromatic heterocycles. The van der Waals surface area contributed by atoms with Crippen molar-refractivity contribution in [2.45, 2.75) is 19.5 Å². The number of hydrogen-bond acceptors (Lipinski definition) is 2. The fraction of sp³-hybridized carbons (Fsp3) is 0.235. The summed E-state index contributed by atoms with van der Waals surface area (Å²) >= 11 is 0. The maximum atomic E-state index is 4.52. The molecule has 20 heavy (non-hydrogen) atoms. The standard InChI is InChI=1S/C17H19N3/c1-3-20-11-10-19-17(20)16(18-2)15-9-8-13-6-4-5-7-14(13)12-15/h4-12,16,18H,3H2,1-2H3. The van der Waals surface area contributed by atoms with Crippen molar-refractivity contribution in [3.63, 3.8) is 0 Å². The summed E-state index contributed by atoms with van der Waals surface area (Å²) in [5, 5.41) is 5.91. The van der Waals surface area contributed by atoms with Gasteiger partial charge in [-0.05, 0) is 36.4 Å². The maximum Gasteiger partial charge on any atom is 0.130 e. The maximum absolute atomic E-state index is 4.52. The Morgan fingerprint density at radius 2 is 1.95 bits per heavy atom. The van der Waals surface area contributed by atoms with Gasteiger partial charge in [-0.1, -0.05) is 36.4 Å². The van der Waals surface area contributed by atoms with Crippen molar-refractivity contribution in [2.75, 3.05) is 7.05 Å². The fourth-order valence-electron chi connectivity index (χ4n) is 2.68. The monoisotopic (exact) mass is 265 g/mol. The van der Waals surface area contributed by atoms with E-state index in [1.807, 2.05) is 19.4 Å². The van der Waals surface area contributed by atoms with Gasteiger partial charge in [-0.2, -0.15) is 0 Å². The smallest absolute Gasteiger partial charge is 0.130 e. The van der Waals surface area contributed by atoms with Crippen LogP contribution in [0.2, 0.25) is 0 Å². The van der Waals surface area contributed by atoms with E-state index in [-0.39, 0.29) is 6.04 Å². The van der Waals surface area contributed by atoms with Crippen LogP contribution < -0.4 is 5.32 Å². The van der Waals surface area contributed by atoms with Gasteiger partial charge in [0.25, 0.3) is 0 Å². The molecule has 3 nitrogen and oxygen atoms in total. The first-order valence-electron chi connectivity index (χ1n) is 7.00. The lowest BCUT2D eigenvalue weighted by Crippen LogP contribution is -2.21. The first-order chi connectivity index (χ1) is 9.83. The molecular formula is C17H19N3. The third-order valence-electron chi connectivity index (χ3n) is 3.74. The molecule has 0 amide bonds. The highest BCUT2D eigenvalue weighted by atomic mass is 15.1. The Kier molecular flexibility index (Phi) is 3.52. The predicted molar refractivity (Wildman–Crippen MR) is 82.8 cm³/mol. The van der Waals surface area contributed by atoms with E-state index in [1.165, 1.54) is 16.3 Å². The Labute approximate surface area is 119 Å². The van der Waals surface area contributed by atoms with Gasteiger partial charge < -0.3 is 9.88 Å². The van der Waals surface area contributed by atoms with E-state index in [0.717, 1.165) is 12.4 Å². The molecule has 0 aliphatic heterocycles. The number of rotatable bonds is 4. The van der Waals surface area contributed by atoms with Crippen LogP contribution >= 0.6 is 0 Å². The molecule has 0 fully saturated rings. The minimum Gasteiger partial charge on any atom is -0.334 e. The highest BCUT2D eigenvalue weighted by Gasteiger charge is 2.17. The third kappa shape index (κ3) is 2.21. The van der Waals surface area contributed by atoms with Crippen LogP contribution in [0.4, 0.5) is 0 Å². The van der Waals surface area contributed by atoms with E-state index in [0.29, 0.717) is 0 Å². The molecule has 0 bridgehead atoms. The summed E-state index contributed by atoms with van der Waals surface area (Å²) in [5.41, 5.74) is 1.24. The Bertz CT molecular complexity index is 715. The number of imidazole rings is 1. The predicted octanol–water partition coefficient (Wildman–Crippen LogP) is 3.37. The van der Waals surface area contributed by atoms with Crippen molar-refractivity contribution in [1.82, 2.24) is 14.9 Å². The highest BCUT2D eigenvalue weighted by molar-refractivity contribution is 5.83. The summed E-state index contributed by atoms with van der Waals surface area (Å²) in [6, 6.07) is 15.2. The zero-order chi connectivity index (χ0) is 13.9. The second kappa shape index (κ2) is 5.47. The van der Waals surface area contributed by atoms with Crippen LogP contribution in [0.1, 0.15) is 24.4 Å². The molecule has 1 unspecified atom stereocenters. The molecule has 0 saturated carbocycles. The van der Waals surface area contributed by atoms with E-state index < -0.39 is 0 Å². The number of aryl methyl sites for hydroxylation is 1. The molecular weight excluding hydrogens is 246 g/mol. The summed E-state index contributed by atoms with van der Waals surface area (Å²) in [4.78, 5) is 4.52. The topological polar surface area (TPSA) is 29.9 Å². The summed E-state index contributed by atoms with van der Waals surface area (Å²) in [5.74, 6) is 1.06. The minimum absolute atomic E-state index is 0.120. The number of fused-ring (bicyclic) bond motifs is 1. The molecule has 2 aromatic carbocycles. The van der Waals surface area contributed by atoms with E-state index in [2.05, 4.69) is 64.3 Å². The lowest BCUT2D eigenvalue weighted by atomic mass is 10.0. The molecule has 0 radical (unpaired) electrons. The fourth-order valence-corrected chi connectivity index (χ4v) is 2.68. The van der Waals surface area contributed by atoms with Crippen LogP contribution in [-0.2, 0) is 6.54 Å². The van der Waals surface area contributed by atoms with Gasteiger partial charge in [0.1, 0.15) is 5.82 Å². The Balaban J connectivity index is 2.07. The average Bonchev–Trinajstić information content (AvgIpc) is 2.96. The van der Waals surface area contributed by atoms with Gasteiger partial charge in [-0.25, -0.2) is 4.98 Å². The zero-order valence-corrected chi connectivity index (χ0v) is 11.9. The molecule has 0 saturated heterocycles. The van der Waals surface area contributed by atoms with Crippen LogP contribution in [0.25, 0.3) is 10.8 Å². The van der Waals surface area contributed by atoms with Gasteiger partial charge in [-0.15, -0.1) is 0 Å². The van der Waals surface area contributed by atoms with Crippen LogP contribution in [0.15, 0.2) is 54.9 Å². The van der Waals surface area contributed by atoms with Crippen LogP contribution in [0.5, 0.6) is 0 Å². The van der Waals surface area contributed by atoms with E-state index in [1.54, 1.807) is 0 Å². The minimum atomic E-state index is 0.120. The van der Waals surface area contributed by atoms with Crippen molar-refractivity contribution < 1.29 is 0 Å². The number of hydrogen-bond donors (Lipinski definition) is 1. The van der Waals surface area contributed by atoms with Crippen molar-refractivity contribution in [3.05, 3.63) is 66.2 Å². The normalized spacial score (nSPS) is 12.7. The molecule has 102 valence electrons. The van der Waals surface area contributed by atoms with Gasteiger partial charge in [0.05, 0.1) is 6.04 Å². The number of benzene rings is 2. The van der Waals surface area contributed by atoms with Gasteiger partial charge in [0.2, 0.25) is 0 Å².